The molecule has 11 heavy (non-hydrogen) atoms. The minimum absolute atomic E-state index is 0. The van der Waals surface area contributed by atoms with Crippen molar-refractivity contribution in [2.24, 2.45) is 0 Å². The van der Waals surface area contributed by atoms with Crippen molar-refractivity contribution < 1.29 is 55.8 Å². The molecule has 1 rings (SSSR count). The zero-order valence-corrected chi connectivity index (χ0v) is 10.4. The number of halogens is 1. The number of rotatable bonds is 1. The minimum atomic E-state index is -0.215. The molecule has 0 aliphatic carbocycles. The van der Waals surface area contributed by atoms with E-state index in [0.29, 0.717) is 0 Å². The van der Waals surface area contributed by atoms with Crippen LogP contribution in [0.4, 0.5) is 4.39 Å². The van der Waals surface area contributed by atoms with Crippen LogP contribution in [0, 0.1) is 18.8 Å². The third kappa shape index (κ3) is 3.34. The predicted octanol–water partition coefficient (Wildman–Crippen LogP) is -0.499. The summed E-state index contributed by atoms with van der Waals surface area (Å²) in [7, 11) is 0. The molecule has 0 bridgehead atoms. The normalized spacial score (nSPS) is 9.00. The van der Waals surface area contributed by atoms with Gasteiger partial charge < -0.3 is 0 Å². The number of hydrogen-bond acceptors (Lipinski definition) is 0. The van der Waals surface area contributed by atoms with E-state index in [1.165, 1.54) is 0 Å². The number of benzene rings is 1. The van der Waals surface area contributed by atoms with Crippen LogP contribution in [0.3, 0.4) is 0 Å². The van der Waals surface area contributed by atoms with Gasteiger partial charge >= 0.3 is 51.4 Å². The summed E-state index contributed by atoms with van der Waals surface area (Å²) in [6.07, 6.45) is 0.740. The van der Waals surface area contributed by atoms with Crippen molar-refractivity contribution in [2.75, 3.05) is 0 Å². The van der Waals surface area contributed by atoms with E-state index in [2.05, 4.69) is 6.07 Å². The van der Waals surface area contributed by atoms with Crippen molar-refractivity contribution in [1.82, 2.24) is 0 Å². The van der Waals surface area contributed by atoms with Crippen molar-refractivity contribution in [3.05, 3.63) is 35.1 Å². The van der Waals surface area contributed by atoms with Gasteiger partial charge in [-0.1, -0.05) is 20.3 Å². The minimum Gasteiger partial charge on any atom is -0.236 e. The van der Waals surface area contributed by atoms with Gasteiger partial charge in [-0.25, -0.2) is 4.39 Å². The van der Waals surface area contributed by atoms with Crippen LogP contribution >= 0.6 is 0 Å². The molecule has 0 atom stereocenters. The molecule has 0 saturated carbocycles. The Labute approximate surface area is 110 Å². The second kappa shape index (κ2) is 5.44. The van der Waals surface area contributed by atoms with Gasteiger partial charge in [0.1, 0.15) is 0 Å². The molecule has 0 aliphatic heterocycles. The van der Waals surface area contributed by atoms with Crippen LogP contribution in [-0.4, -0.2) is 0 Å². The van der Waals surface area contributed by atoms with Crippen LogP contribution in [0.2, 0.25) is 0 Å². The van der Waals surface area contributed by atoms with E-state index in [1.807, 2.05) is 19.9 Å². The van der Waals surface area contributed by atoms with E-state index in [1.54, 1.807) is 6.07 Å². The topological polar surface area (TPSA) is 0 Å². The zero-order chi connectivity index (χ0) is 7.56. The molecule has 54 valence electrons. The van der Waals surface area contributed by atoms with E-state index in [4.69, 9.17) is 0 Å². The summed E-state index contributed by atoms with van der Waals surface area (Å²) in [5.74, 6) is -0.215. The molecule has 0 aromatic heterocycles. The summed E-state index contributed by atoms with van der Waals surface area (Å²) >= 11 is 0. The van der Waals surface area contributed by atoms with Crippen molar-refractivity contribution in [3.8, 4) is 0 Å². The summed E-state index contributed by atoms with van der Waals surface area (Å²) in [5.41, 5.74) is 1.82. The van der Waals surface area contributed by atoms with Gasteiger partial charge in [0, 0.05) is 5.82 Å². The van der Waals surface area contributed by atoms with Gasteiger partial charge in [0.05, 0.1) is 0 Å². The first kappa shape index (κ1) is 11.8. The van der Waals surface area contributed by atoms with Crippen LogP contribution < -0.4 is 51.4 Å². The van der Waals surface area contributed by atoms with Crippen LogP contribution in [0.25, 0.3) is 0 Å². The molecule has 0 nitrogen and oxygen atoms in total. The van der Waals surface area contributed by atoms with Crippen molar-refractivity contribution in [3.63, 3.8) is 0 Å². The van der Waals surface area contributed by atoms with Crippen LogP contribution in [0.1, 0.15) is 18.1 Å². The average Bonchev–Trinajstić information content (AvgIpc) is 1.94. The summed E-state index contributed by atoms with van der Waals surface area (Å²) < 4.78 is 12.7. The fourth-order valence-corrected chi connectivity index (χ4v) is 0.907. The molecule has 0 N–H and O–H groups in total. The maximum absolute atomic E-state index is 12.7. The van der Waals surface area contributed by atoms with Gasteiger partial charge in [0.15, 0.2) is 0 Å². The standard InChI is InChI=1S/C9H10F.K/c1-3-8-6-7(2)4-5-9(8)10;/h4,6H,3H2,1-2H3;/q-1;+1. The molecule has 0 spiro atoms. The SMILES string of the molecule is CCc1cc(C)c[c-]c1F.[K+]. The molecular weight excluding hydrogens is 166 g/mol. The Kier molecular flexibility index (Phi) is 5.82. The molecule has 0 amide bonds. The molecule has 0 unspecified atom stereocenters. The summed E-state index contributed by atoms with van der Waals surface area (Å²) in [6.45, 7) is 3.88. The molecule has 0 aliphatic rings. The number of aryl methyl sites for hydroxylation is 2. The molecule has 1 aromatic carbocycles. The Morgan fingerprint density at radius 2 is 2.18 bits per heavy atom. The predicted molar refractivity (Wildman–Crippen MR) is 39.4 cm³/mol. The van der Waals surface area contributed by atoms with E-state index in [0.717, 1.165) is 17.5 Å². The summed E-state index contributed by atoms with van der Waals surface area (Å²) in [4.78, 5) is 0. The van der Waals surface area contributed by atoms with Gasteiger partial charge in [0.25, 0.3) is 0 Å². The summed E-state index contributed by atoms with van der Waals surface area (Å²) in [6, 6.07) is 6.07. The zero-order valence-electron chi connectivity index (χ0n) is 7.24. The number of hydrogen-bond donors (Lipinski definition) is 0. The van der Waals surface area contributed by atoms with Crippen molar-refractivity contribution in [1.29, 1.82) is 0 Å². The Balaban J connectivity index is 0.000001000. The summed E-state index contributed by atoms with van der Waals surface area (Å²) in [5, 5.41) is 0. The Morgan fingerprint density at radius 3 is 2.64 bits per heavy atom. The second-order valence-electron chi connectivity index (χ2n) is 2.37. The fraction of sp³-hybridized carbons (Fsp3) is 0.333. The molecule has 0 heterocycles. The first-order valence-corrected chi connectivity index (χ1v) is 3.40. The van der Waals surface area contributed by atoms with Gasteiger partial charge in [0.2, 0.25) is 0 Å². The Hall–Kier alpha value is 0.786. The monoisotopic (exact) mass is 176 g/mol. The average molecular weight is 176 g/mol. The molecule has 2 heteroatoms. The van der Waals surface area contributed by atoms with E-state index in [9.17, 15) is 4.39 Å². The third-order valence-corrected chi connectivity index (χ3v) is 1.49. The first-order chi connectivity index (χ1) is 4.74. The molecule has 0 saturated heterocycles. The van der Waals surface area contributed by atoms with E-state index >= 15 is 0 Å². The largest absolute Gasteiger partial charge is 1.00 e. The first-order valence-electron chi connectivity index (χ1n) is 3.40. The fourth-order valence-electron chi connectivity index (χ4n) is 0.907. The van der Waals surface area contributed by atoms with Crippen molar-refractivity contribution in [2.45, 2.75) is 20.3 Å². The molecule has 0 radical (unpaired) electrons. The smallest absolute Gasteiger partial charge is 0.236 e. The van der Waals surface area contributed by atoms with Crippen LogP contribution in [-0.2, 0) is 6.42 Å². The van der Waals surface area contributed by atoms with Gasteiger partial charge in [-0.2, -0.15) is 17.7 Å². The molecule has 1 aromatic rings. The van der Waals surface area contributed by atoms with E-state index < -0.39 is 0 Å². The Bertz CT molecular complexity index is 233. The quantitative estimate of drug-likeness (QED) is 0.400. The van der Waals surface area contributed by atoms with Gasteiger partial charge in [-0.3, -0.25) is 0 Å². The van der Waals surface area contributed by atoms with Crippen LogP contribution in [0.5, 0.6) is 0 Å². The second-order valence-corrected chi connectivity index (χ2v) is 2.37. The maximum Gasteiger partial charge on any atom is 1.00 e. The Morgan fingerprint density at radius 1 is 1.55 bits per heavy atom. The molecule has 0 fully saturated rings. The van der Waals surface area contributed by atoms with Crippen LogP contribution in [0.15, 0.2) is 12.1 Å². The van der Waals surface area contributed by atoms with Gasteiger partial charge in [-0.05, 0) is 0 Å². The molecular formula is C9H10FK. The van der Waals surface area contributed by atoms with Gasteiger partial charge in [-0.15, -0.1) is 11.6 Å². The maximum atomic E-state index is 12.7. The van der Waals surface area contributed by atoms with E-state index in [-0.39, 0.29) is 57.2 Å². The van der Waals surface area contributed by atoms with Crippen molar-refractivity contribution >= 4 is 0 Å². The third-order valence-electron chi connectivity index (χ3n) is 1.49.